The maximum atomic E-state index is 12.4. The van der Waals surface area contributed by atoms with Gasteiger partial charge in [0.15, 0.2) is 0 Å². The number of amides is 1. The van der Waals surface area contributed by atoms with Crippen LogP contribution in [0.5, 0.6) is 0 Å². The standard InChI is InChI=1S/C18H25N5O2/c19-12-16(13-6-2-1-3-7-13)20-17(24)10-11-23-18(25)14-8-4-5-9-15(14)21-22-23/h4-5,8-9,13,16H,1-3,6-7,10-12,19H2,(H,20,24). The van der Waals surface area contributed by atoms with Gasteiger partial charge in [-0.15, -0.1) is 5.10 Å². The first kappa shape index (κ1) is 17.5. The molecule has 1 saturated carbocycles. The molecule has 134 valence electrons. The lowest BCUT2D eigenvalue weighted by Crippen LogP contribution is -2.46. The van der Waals surface area contributed by atoms with Gasteiger partial charge in [-0.2, -0.15) is 0 Å². The fourth-order valence-electron chi connectivity index (χ4n) is 3.56. The van der Waals surface area contributed by atoms with E-state index in [9.17, 15) is 9.59 Å². The first-order valence-electron chi connectivity index (χ1n) is 9.01. The quantitative estimate of drug-likeness (QED) is 0.820. The molecule has 0 bridgehead atoms. The molecule has 1 aromatic carbocycles. The van der Waals surface area contributed by atoms with Crippen molar-refractivity contribution in [2.75, 3.05) is 6.54 Å². The number of carbonyl (C=O) groups is 1. The molecule has 1 aliphatic carbocycles. The van der Waals surface area contributed by atoms with E-state index in [0.717, 1.165) is 12.8 Å². The zero-order chi connectivity index (χ0) is 17.6. The average Bonchev–Trinajstić information content (AvgIpc) is 2.66. The highest BCUT2D eigenvalue weighted by Crippen LogP contribution is 2.26. The lowest BCUT2D eigenvalue weighted by atomic mass is 9.84. The van der Waals surface area contributed by atoms with Crippen molar-refractivity contribution in [1.29, 1.82) is 0 Å². The first-order chi connectivity index (χ1) is 12.2. The van der Waals surface area contributed by atoms with Crippen LogP contribution in [0, 0.1) is 5.92 Å². The summed E-state index contributed by atoms with van der Waals surface area (Å²) in [7, 11) is 0. The van der Waals surface area contributed by atoms with Gasteiger partial charge in [-0.25, -0.2) is 4.68 Å². The summed E-state index contributed by atoms with van der Waals surface area (Å²) in [5.74, 6) is 0.369. The molecule has 0 spiro atoms. The topological polar surface area (TPSA) is 103 Å². The predicted molar refractivity (Wildman–Crippen MR) is 96.0 cm³/mol. The third kappa shape index (κ3) is 4.22. The van der Waals surface area contributed by atoms with Crippen LogP contribution in [-0.2, 0) is 11.3 Å². The van der Waals surface area contributed by atoms with E-state index in [2.05, 4.69) is 15.6 Å². The number of nitrogens with one attached hydrogen (secondary N) is 1. The van der Waals surface area contributed by atoms with E-state index >= 15 is 0 Å². The van der Waals surface area contributed by atoms with Crippen LogP contribution < -0.4 is 16.6 Å². The Kier molecular flexibility index (Phi) is 5.75. The van der Waals surface area contributed by atoms with Gasteiger partial charge in [0.1, 0.15) is 5.52 Å². The molecule has 1 aromatic heterocycles. The van der Waals surface area contributed by atoms with Crippen LogP contribution in [0.25, 0.3) is 10.9 Å². The molecule has 1 unspecified atom stereocenters. The Morgan fingerprint density at radius 3 is 2.80 bits per heavy atom. The molecular weight excluding hydrogens is 318 g/mol. The molecule has 3 rings (SSSR count). The van der Waals surface area contributed by atoms with Crippen molar-refractivity contribution in [3.8, 4) is 0 Å². The second kappa shape index (κ2) is 8.20. The average molecular weight is 343 g/mol. The van der Waals surface area contributed by atoms with Crippen LogP contribution in [0.2, 0.25) is 0 Å². The highest BCUT2D eigenvalue weighted by Gasteiger charge is 2.23. The number of nitrogens with two attached hydrogens (primary N) is 1. The number of benzene rings is 1. The molecule has 0 aliphatic heterocycles. The fourth-order valence-corrected chi connectivity index (χ4v) is 3.56. The number of fused-ring (bicyclic) bond motifs is 1. The highest BCUT2D eigenvalue weighted by molar-refractivity contribution is 5.77. The van der Waals surface area contributed by atoms with E-state index in [1.807, 2.05) is 6.07 Å². The van der Waals surface area contributed by atoms with Gasteiger partial charge >= 0.3 is 0 Å². The van der Waals surface area contributed by atoms with E-state index in [0.29, 0.717) is 23.4 Å². The van der Waals surface area contributed by atoms with Gasteiger partial charge in [-0.1, -0.05) is 36.6 Å². The monoisotopic (exact) mass is 343 g/mol. The van der Waals surface area contributed by atoms with Crippen LogP contribution in [0.3, 0.4) is 0 Å². The minimum atomic E-state index is -0.221. The van der Waals surface area contributed by atoms with E-state index in [-0.39, 0.29) is 30.5 Å². The van der Waals surface area contributed by atoms with Gasteiger partial charge < -0.3 is 11.1 Å². The molecule has 1 amide bonds. The largest absolute Gasteiger partial charge is 0.352 e. The van der Waals surface area contributed by atoms with Gasteiger partial charge in [0, 0.05) is 19.0 Å². The summed E-state index contributed by atoms with van der Waals surface area (Å²) in [6, 6.07) is 7.09. The highest BCUT2D eigenvalue weighted by atomic mass is 16.2. The van der Waals surface area contributed by atoms with E-state index in [1.165, 1.54) is 23.9 Å². The van der Waals surface area contributed by atoms with E-state index < -0.39 is 0 Å². The summed E-state index contributed by atoms with van der Waals surface area (Å²) >= 11 is 0. The minimum Gasteiger partial charge on any atom is -0.352 e. The molecule has 1 fully saturated rings. The third-order valence-electron chi connectivity index (χ3n) is 5.00. The van der Waals surface area contributed by atoms with E-state index in [4.69, 9.17) is 5.73 Å². The fraction of sp³-hybridized carbons (Fsp3) is 0.556. The maximum absolute atomic E-state index is 12.4. The molecule has 1 heterocycles. The molecule has 2 aromatic rings. The Morgan fingerprint density at radius 2 is 2.04 bits per heavy atom. The van der Waals surface area contributed by atoms with Crippen molar-refractivity contribution in [2.45, 2.75) is 51.1 Å². The van der Waals surface area contributed by atoms with Gasteiger partial charge in [-0.05, 0) is 30.9 Å². The molecule has 1 aliphatic rings. The summed E-state index contributed by atoms with van der Waals surface area (Å²) in [6.07, 6.45) is 6.12. The number of rotatable bonds is 6. The van der Waals surface area contributed by atoms with Crippen molar-refractivity contribution in [2.24, 2.45) is 11.7 Å². The van der Waals surface area contributed by atoms with Crippen LogP contribution in [0.1, 0.15) is 38.5 Å². The third-order valence-corrected chi connectivity index (χ3v) is 5.00. The number of carbonyl (C=O) groups excluding carboxylic acids is 1. The predicted octanol–water partition coefficient (Wildman–Crippen LogP) is 1.21. The van der Waals surface area contributed by atoms with Crippen LogP contribution >= 0.6 is 0 Å². The van der Waals surface area contributed by atoms with Crippen LogP contribution in [-0.4, -0.2) is 33.5 Å². The SMILES string of the molecule is NCC(NC(=O)CCn1nnc2ccccc2c1=O)C1CCCCC1. The van der Waals surface area contributed by atoms with Crippen molar-refractivity contribution in [1.82, 2.24) is 20.3 Å². The number of hydrogen-bond donors (Lipinski definition) is 2. The summed E-state index contributed by atoms with van der Waals surface area (Å²) < 4.78 is 1.25. The van der Waals surface area contributed by atoms with Crippen LogP contribution in [0.15, 0.2) is 29.1 Å². The molecule has 7 nitrogen and oxygen atoms in total. The number of aromatic nitrogens is 3. The second-order valence-electron chi connectivity index (χ2n) is 6.69. The Morgan fingerprint density at radius 1 is 1.28 bits per heavy atom. The van der Waals surface area contributed by atoms with Crippen molar-refractivity contribution in [3.63, 3.8) is 0 Å². The number of hydrogen-bond acceptors (Lipinski definition) is 5. The summed E-state index contributed by atoms with van der Waals surface area (Å²) in [6.45, 7) is 0.663. The number of nitrogens with zero attached hydrogens (tertiary/aromatic N) is 3. The maximum Gasteiger partial charge on any atom is 0.277 e. The second-order valence-corrected chi connectivity index (χ2v) is 6.69. The van der Waals surface area contributed by atoms with Gasteiger partial charge in [0.2, 0.25) is 5.91 Å². The number of aryl methyl sites for hydroxylation is 1. The normalized spacial score (nSPS) is 16.7. The molecule has 0 saturated heterocycles. The summed E-state index contributed by atoms with van der Waals surface area (Å²) in [5, 5.41) is 11.5. The molecule has 0 radical (unpaired) electrons. The molecule has 1 atom stereocenters. The molecule has 7 heteroatoms. The Balaban J connectivity index is 1.60. The van der Waals surface area contributed by atoms with Crippen LogP contribution in [0.4, 0.5) is 0 Å². The van der Waals surface area contributed by atoms with E-state index in [1.54, 1.807) is 18.2 Å². The zero-order valence-electron chi connectivity index (χ0n) is 14.4. The van der Waals surface area contributed by atoms with Crippen molar-refractivity contribution < 1.29 is 4.79 Å². The minimum absolute atomic E-state index is 0.0206. The van der Waals surface area contributed by atoms with Crippen molar-refractivity contribution >= 4 is 16.8 Å². The van der Waals surface area contributed by atoms with Gasteiger partial charge in [-0.3, -0.25) is 9.59 Å². The lowest BCUT2D eigenvalue weighted by Gasteiger charge is -2.30. The first-order valence-corrected chi connectivity index (χ1v) is 9.01. The Bertz CT molecular complexity index is 782. The zero-order valence-corrected chi connectivity index (χ0v) is 14.4. The smallest absolute Gasteiger partial charge is 0.277 e. The molecule has 25 heavy (non-hydrogen) atoms. The molecule has 3 N–H and O–H groups in total. The summed E-state index contributed by atoms with van der Waals surface area (Å²) in [4.78, 5) is 24.6. The summed E-state index contributed by atoms with van der Waals surface area (Å²) in [5.41, 5.74) is 6.20. The Labute approximate surface area is 146 Å². The molecular formula is C18H25N5O2. The van der Waals surface area contributed by atoms with Gasteiger partial charge in [0.05, 0.1) is 11.9 Å². The van der Waals surface area contributed by atoms with Crippen molar-refractivity contribution in [3.05, 3.63) is 34.6 Å². The Hall–Kier alpha value is -2.28. The van der Waals surface area contributed by atoms with Gasteiger partial charge in [0.25, 0.3) is 5.56 Å². The lowest BCUT2D eigenvalue weighted by molar-refractivity contribution is -0.122.